The van der Waals surface area contributed by atoms with E-state index in [9.17, 15) is 39.6 Å². The Bertz CT molecular complexity index is 299. The van der Waals surface area contributed by atoms with Crippen molar-refractivity contribution in [1.29, 1.82) is 0 Å². The molecule has 0 bridgehead atoms. The fourth-order valence-corrected chi connectivity index (χ4v) is 0.675. The molecule has 0 aliphatic rings. The lowest BCUT2D eigenvalue weighted by Crippen LogP contribution is -2.23. The van der Waals surface area contributed by atoms with Gasteiger partial charge in [-0.25, -0.2) is 0 Å². The molecule has 0 amide bonds. The summed E-state index contributed by atoms with van der Waals surface area (Å²) >= 11 is 0. The van der Waals surface area contributed by atoms with Crippen LogP contribution in [-0.2, 0) is 19.2 Å². The number of hydrogen-bond donors (Lipinski definition) is 0. The maximum absolute atomic E-state index is 9.77. The van der Waals surface area contributed by atoms with Crippen molar-refractivity contribution in [3.8, 4) is 0 Å². The first-order valence-electron chi connectivity index (χ1n) is 4.75. The van der Waals surface area contributed by atoms with Gasteiger partial charge in [-0.1, -0.05) is 0 Å². The normalized spacial score (nSPS) is 9.33. The molecule has 0 aliphatic carbocycles. The van der Waals surface area contributed by atoms with Crippen molar-refractivity contribution in [3.63, 3.8) is 0 Å². The second kappa shape index (κ2) is 11.1. The van der Waals surface area contributed by atoms with Gasteiger partial charge >= 0.3 is 0 Å². The highest BCUT2D eigenvalue weighted by Gasteiger charge is 1.89. The topological polar surface area (TPSA) is 161 Å². The molecule has 0 aliphatic heterocycles. The molecule has 102 valence electrons. The van der Waals surface area contributed by atoms with Gasteiger partial charge in [0.1, 0.15) is 0 Å². The molecule has 0 atom stereocenters. The zero-order valence-corrected chi connectivity index (χ0v) is 9.25. The number of aliphatic carboxylic acids is 4. The summed E-state index contributed by atoms with van der Waals surface area (Å²) in [6, 6.07) is 0. The van der Waals surface area contributed by atoms with Crippen LogP contribution in [0.2, 0.25) is 0 Å². The van der Waals surface area contributed by atoms with Crippen LogP contribution in [0.25, 0.3) is 0 Å². The number of carboxylic acid groups (broad SMARTS) is 4. The lowest BCUT2D eigenvalue weighted by atomic mass is 10.2. The molecule has 8 heteroatoms. The van der Waals surface area contributed by atoms with Crippen LogP contribution in [0, 0.1) is 0 Å². The first kappa shape index (κ1) is 18.0. The minimum atomic E-state index is -1.55. The van der Waals surface area contributed by atoms with Gasteiger partial charge < -0.3 is 39.6 Å². The summed E-state index contributed by atoms with van der Waals surface area (Å²) in [4.78, 5) is 38.4. The maximum Gasteiger partial charge on any atom is 0.0643 e. The van der Waals surface area contributed by atoms with Crippen LogP contribution in [-0.4, -0.2) is 23.9 Å². The average Bonchev–Trinajstić information content (AvgIpc) is 2.22. The average molecular weight is 258 g/mol. The van der Waals surface area contributed by atoms with Gasteiger partial charge in [-0.3, -0.25) is 0 Å². The van der Waals surface area contributed by atoms with E-state index in [-0.39, 0.29) is 12.8 Å². The smallest absolute Gasteiger partial charge is 0.0643 e. The van der Waals surface area contributed by atoms with E-state index >= 15 is 0 Å². The molecule has 0 N–H and O–H groups in total. The Balaban J connectivity index is 0. The SMILES string of the molecule is O=C([O-])/C=C/C(=O)[O-].O=C([O-])CCCCC(=O)[O-]. The zero-order chi connectivity index (χ0) is 14.6. The number of unbranched alkanes of at least 4 members (excludes halogenated alkanes) is 1. The minimum absolute atomic E-state index is 0.0761. The molecule has 0 aromatic rings. The summed E-state index contributed by atoms with van der Waals surface area (Å²) in [5, 5.41) is 38.4. The third-order valence-corrected chi connectivity index (χ3v) is 1.37. The predicted molar refractivity (Wildman–Crippen MR) is 47.6 cm³/mol. The predicted octanol–water partition coefficient (Wildman–Crippen LogP) is -4.91. The van der Waals surface area contributed by atoms with Crippen LogP contribution < -0.4 is 20.4 Å². The van der Waals surface area contributed by atoms with Crippen molar-refractivity contribution in [1.82, 2.24) is 0 Å². The van der Waals surface area contributed by atoms with Crippen molar-refractivity contribution in [2.45, 2.75) is 25.7 Å². The van der Waals surface area contributed by atoms with E-state index in [0.717, 1.165) is 0 Å². The standard InChI is InChI=1S/C6H10O4.C4H4O4/c7-5(8)3-1-2-4-6(9)10;5-3(6)1-2-4(7)8/h1-4H2,(H,7,8)(H,9,10);1-2H,(H,5,6)(H,7,8)/p-4/b;2-1+. The summed E-state index contributed by atoms with van der Waals surface area (Å²) in [5.74, 6) is -5.37. The van der Waals surface area contributed by atoms with Crippen LogP contribution in [0.3, 0.4) is 0 Å². The van der Waals surface area contributed by atoms with Gasteiger partial charge in [-0.15, -0.1) is 0 Å². The van der Waals surface area contributed by atoms with Crippen LogP contribution >= 0.6 is 0 Å². The Morgan fingerprint density at radius 3 is 1.11 bits per heavy atom. The first-order chi connectivity index (χ1) is 8.25. The van der Waals surface area contributed by atoms with Gasteiger partial charge in [0.05, 0.1) is 11.9 Å². The largest absolute Gasteiger partial charge is 0.550 e. The molecule has 0 saturated heterocycles. The Labute approximate surface area is 102 Å². The van der Waals surface area contributed by atoms with Crippen LogP contribution in [0.4, 0.5) is 0 Å². The minimum Gasteiger partial charge on any atom is -0.550 e. The van der Waals surface area contributed by atoms with Gasteiger partial charge in [0.25, 0.3) is 0 Å². The van der Waals surface area contributed by atoms with Crippen molar-refractivity contribution in [2.24, 2.45) is 0 Å². The monoisotopic (exact) mass is 258 g/mol. The van der Waals surface area contributed by atoms with E-state index in [1.54, 1.807) is 0 Å². The Hall–Kier alpha value is -2.38. The molecule has 0 heterocycles. The highest BCUT2D eigenvalue weighted by molar-refractivity contribution is 5.87. The molecule has 0 saturated carbocycles. The summed E-state index contributed by atoms with van der Waals surface area (Å²) in [6.07, 6.45) is 1.30. The van der Waals surface area contributed by atoms with E-state index < -0.39 is 23.9 Å². The van der Waals surface area contributed by atoms with E-state index in [4.69, 9.17) is 0 Å². The third kappa shape index (κ3) is 23.4. The molecule has 0 fully saturated rings. The van der Waals surface area contributed by atoms with E-state index in [0.29, 0.717) is 25.0 Å². The van der Waals surface area contributed by atoms with Gasteiger partial charge in [0.15, 0.2) is 0 Å². The Morgan fingerprint density at radius 1 is 0.667 bits per heavy atom. The summed E-state index contributed by atoms with van der Waals surface area (Å²) in [7, 11) is 0. The molecule has 0 spiro atoms. The number of carboxylic acids is 4. The summed E-state index contributed by atoms with van der Waals surface area (Å²) < 4.78 is 0. The fourth-order valence-electron chi connectivity index (χ4n) is 0.675. The summed E-state index contributed by atoms with van der Waals surface area (Å²) in [5.41, 5.74) is 0. The molecule has 0 aromatic heterocycles. The number of rotatable bonds is 7. The van der Waals surface area contributed by atoms with Crippen LogP contribution in [0.15, 0.2) is 12.2 Å². The molecular weight excluding hydrogens is 248 g/mol. The van der Waals surface area contributed by atoms with Crippen LogP contribution in [0.1, 0.15) is 25.7 Å². The van der Waals surface area contributed by atoms with Gasteiger partial charge in [0, 0.05) is 11.9 Å². The highest BCUT2D eigenvalue weighted by Crippen LogP contribution is 1.96. The van der Waals surface area contributed by atoms with E-state index in [1.165, 1.54) is 0 Å². The lowest BCUT2D eigenvalue weighted by Gasteiger charge is -2.01. The van der Waals surface area contributed by atoms with E-state index in [1.807, 2.05) is 0 Å². The van der Waals surface area contributed by atoms with Gasteiger partial charge in [0.2, 0.25) is 0 Å². The van der Waals surface area contributed by atoms with Crippen molar-refractivity contribution in [3.05, 3.63) is 12.2 Å². The van der Waals surface area contributed by atoms with Gasteiger partial charge in [-0.05, 0) is 37.8 Å². The number of carbonyl (C=O) groups excluding carboxylic acids is 4. The second-order valence-corrected chi connectivity index (χ2v) is 2.92. The molecule has 0 unspecified atom stereocenters. The van der Waals surface area contributed by atoms with Crippen molar-refractivity contribution in [2.75, 3.05) is 0 Å². The van der Waals surface area contributed by atoms with E-state index in [2.05, 4.69) is 0 Å². The van der Waals surface area contributed by atoms with Crippen LogP contribution in [0.5, 0.6) is 0 Å². The number of carbonyl (C=O) groups is 4. The molecule has 0 radical (unpaired) electrons. The first-order valence-corrected chi connectivity index (χ1v) is 4.75. The number of hydrogen-bond acceptors (Lipinski definition) is 8. The lowest BCUT2D eigenvalue weighted by molar-refractivity contribution is -0.308. The zero-order valence-electron chi connectivity index (χ0n) is 9.25. The van der Waals surface area contributed by atoms with Crippen molar-refractivity contribution < 1.29 is 39.6 Å². The molecular formula is C10H10O8-4. The summed E-state index contributed by atoms with van der Waals surface area (Å²) in [6.45, 7) is 0. The molecule has 0 aromatic carbocycles. The van der Waals surface area contributed by atoms with Gasteiger partial charge in [-0.2, -0.15) is 0 Å². The molecule has 8 nitrogen and oxygen atoms in total. The maximum atomic E-state index is 9.77. The molecule has 18 heavy (non-hydrogen) atoms. The Kier molecular flexibility index (Phi) is 11.1. The molecule has 0 rings (SSSR count). The second-order valence-electron chi connectivity index (χ2n) is 2.92. The fraction of sp³-hybridized carbons (Fsp3) is 0.400. The van der Waals surface area contributed by atoms with Crippen molar-refractivity contribution >= 4 is 23.9 Å². The quantitative estimate of drug-likeness (QED) is 0.324. The third-order valence-electron chi connectivity index (χ3n) is 1.37. The highest BCUT2D eigenvalue weighted by atomic mass is 16.4. The Morgan fingerprint density at radius 2 is 0.944 bits per heavy atom.